The molecule has 0 amide bonds. The third kappa shape index (κ3) is 4.48. The summed E-state index contributed by atoms with van der Waals surface area (Å²) in [7, 11) is 0. The second-order valence-corrected chi connectivity index (χ2v) is 4.49. The van der Waals surface area contributed by atoms with E-state index in [1.807, 2.05) is 6.07 Å². The molecule has 0 spiro atoms. The largest absolute Gasteiger partial charge is 0.324 e. The van der Waals surface area contributed by atoms with Gasteiger partial charge < -0.3 is 5.73 Å². The van der Waals surface area contributed by atoms with Gasteiger partial charge in [-0.15, -0.1) is 0 Å². The van der Waals surface area contributed by atoms with E-state index in [0.29, 0.717) is 0 Å². The van der Waals surface area contributed by atoms with Crippen molar-refractivity contribution >= 4 is 0 Å². The molecule has 0 heterocycles. The number of rotatable bonds is 6. The summed E-state index contributed by atoms with van der Waals surface area (Å²) < 4.78 is 0. The van der Waals surface area contributed by atoms with Crippen molar-refractivity contribution in [2.24, 2.45) is 11.7 Å². The van der Waals surface area contributed by atoms with E-state index in [0.717, 1.165) is 12.3 Å². The Morgan fingerprint density at radius 1 is 1.07 bits per heavy atom. The molecule has 0 saturated heterocycles. The van der Waals surface area contributed by atoms with Gasteiger partial charge >= 0.3 is 0 Å². The highest BCUT2D eigenvalue weighted by molar-refractivity contribution is 5.18. The van der Waals surface area contributed by atoms with E-state index in [4.69, 9.17) is 5.73 Å². The molecule has 15 heavy (non-hydrogen) atoms. The molecule has 1 aromatic rings. The van der Waals surface area contributed by atoms with Crippen molar-refractivity contribution in [2.45, 2.75) is 45.6 Å². The Kier molecular flexibility index (Phi) is 5.41. The highest BCUT2D eigenvalue weighted by atomic mass is 14.6. The topological polar surface area (TPSA) is 26.0 Å². The van der Waals surface area contributed by atoms with Crippen molar-refractivity contribution in [3.05, 3.63) is 35.9 Å². The summed E-state index contributed by atoms with van der Waals surface area (Å²) in [6.07, 6.45) is 4.94. The van der Waals surface area contributed by atoms with Crippen LogP contribution in [0.25, 0.3) is 0 Å². The van der Waals surface area contributed by atoms with Gasteiger partial charge in [-0.25, -0.2) is 0 Å². The van der Waals surface area contributed by atoms with Crippen molar-refractivity contribution in [2.75, 3.05) is 0 Å². The van der Waals surface area contributed by atoms with Gasteiger partial charge in [-0.3, -0.25) is 0 Å². The number of nitrogens with two attached hydrogens (primary N) is 1. The zero-order valence-electron chi connectivity index (χ0n) is 9.95. The molecule has 1 nitrogen and oxygen atoms in total. The Hall–Kier alpha value is -0.820. The summed E-state index contributed by atoms with van der Waals surface area (Å²) in [5, 5.41) is 0. The Bertz CT molecular complexity index is 255. The van der Waals surface area contributed by atoms with Crippen molar-refractivity contribution in [1.29, 1.82) is 0 Å². The molecule has 1 heteroatoms. The summed E-state index contributed by atoms with van der Waals surface area (Å²) in [6.45, 7) is 4.56. The molecule has 0 radical (unpaired) electrons. The average Bonchev–Trinajstić information content (AvgIpc) is 2.27. The lowest BCUT2D eigenvalue weighted by molar-refractivity contribution is 0.444. The molecular formula is C14H23N. The molecule has 0 saturated carbocycles. The van der Waals surface area contributed by atoms with Gasteiger partial charge in [0.2, 0.25) is 0 Å². The molecule has 0 aliphatic carbocycles. The van der Waals surface area contributed by atoms with E-state index in [1.165, 1.54) is 24.8 Å². The highest BCUT2D eigenvalue weighted by Crippen LogP contribution is 2.20. The van der Waals surface area contributed by atoms with E-state index in [-0.39, 0.29) is 6.04 Å². The van der Waals surface area contributed by atoms with E-state index in [1.54, 1.807) is 0 Å². The lowest BCUT2D eigenvalue weighted by atomic mass is 9.95. The maximum absolute atomic E-state index is 6.14. The first-order valence-corrected chi connectivity index (χ1v) is 6.04. The molecule has 1 rings (SSSR count). The van der Waals surface area contributed by atoms with Gasteiger partial charge in [-0.2, -0.15) is 0 Å². The van der Waals surface area contributed by atoms with Crippen molar-refractivity contribution in [3.63, 3.8) is 0 Å². The van der Waals surface area contributed by atoms with Crippen LogP contribution in [0.4, 0.5) is 0 Å². The van der Waals surface area contributed by atoms with Crippen molar-refractivity contribution in [1.82, 2.24) is 0 Å². The maximum atomic E-state index is 6.14. The minimum atomic E-state index is 0.213. The fourth-order valence-corrected chi connectivity index (χ4v) is 1.97. The molecule has 0 aliphatic heterocycles. The first kappa shape index (κ1) is 12.3. The zero-order chi connectivity index (χ0) is 11.1. The molecule has 2 atom stereocenters. The molecule has 0 aliphatic rings. The lowest BCUT2D eigenvalue weighted by Crippen LogP contribution is -2.11. The van der Waals surface area contributed by atoms with Gasteiger partial charge in [0.1, 0.15) is 0 Å². The van der Waals surface area contributed by atoms with Crippen LogP contribution in [0.1, 0.15) is 51.1 Å². The van der Waals surface area contributed by atoms with E-state index < -0.39 is 0 Å². The zero-order valence-corrected chi connectivity index (χ0v) is 9.95. The molecule has 0 bridgehead atoms. The highest BCUT2D eigenvalue weighted by Gasteiger charge is 2.07. The predicted octanol–water partition coefficient (Wildman–Crippen LogP) is 3.90. The SMILES string of the molecule is CCCC(C)CCC(N)c1ccccc1. The Balaban J connectivity index is 2.33. The molecule has 0 fully saturated rings. The van der Waals surface area contributed by atoms with Crippen LogP contribution in [0.3, 0.4) is 0 Å². The van der Waals surface area contributed by atoms with Crippen molar-refractivity contribution < 1.29 is 0 Å². The van der Waals surface area contributed by atoms with Crippen LogP contribution < -0.4 is 5.73 Å². The van der Waals surface area contributed by atoms with Gasteiger partial charge in [0.25, 0.3) is 0 Å². The number of hydrogen-bond acceptors (Lipinski definition) is 1. The summed E-state index contributed by atoms with van der Waals surface area (Å²) >= 11 is 0. The molecular weight excluding hydrogens is 182 g/mol. The van der Waals surface area contributed by atoms with Crippen molar-refractivity contribution in [3.8, 4) is 0 Å². The van der Waals surface area contributed by atoms with Crippen LogP contribution in [0.2, 0.25) is 0 Å². The fraction of sp³-hybridized carbons (Fsp3) is 0.571. The van der Waals surface area contributed by atoms with E-state index in [9.17, 15) is 0 Å². The average molecular weight is 205 g/mol. The Morgan fingerprint density at radius 2 is 1.73 bits per heavy atom. The molecule has 2 N–H and O–H groups in total. The van der Waals surface area contributed by atoms with E-state index >= 15 is 0 Å². The van der Waals surface area contributed by atoms with Crippen LogP contribution in [0.5, 0.6) is 0 Å². The van der Waals surface area contributed by atoms with Crippen LogP contribution in [-0.4, -0.2) is 0 Å². The first-order chi connectivity index (χ1) is 7.24. The van der Waals surface area contributed by atoms with Crippen LogP contribution >= 0.6 is 0 Å². The quantitative estimate of drug-likeness (QED) is 0.749. The third-order valence-electron chi connectivity index (χ3n) is 2.98. The van der Waals surface area contributed by atoms with E-state index in [2.05, 4.69) is 38.1 Å². The van der Waals surface area contributed by atoms with Crippen LogP contribution in [0.15, 0.2) is 30.3 Å². The molecule has 0 aromatic heterocycles. The second kappa shape index (κ2) is 6.62. The van der Waals surface area contributed by atoms with Gasteiger partial charge in [-0.1, -0.05) is 57.0 Å². The molecule has 84 valence electrons. The second-order valence-electron chi connectivity index (χ2n) is 4.49. The van der Waals surface area contributed by atoms with Crippen LogP contribution in [-0.2, 0) is 0 Å². The number of hydrogen-bond donors (Lipinski definition) is 1. The first-order valence-electron chi connectivity index (χ1n) is 6.04. The smallest absolute Gasteiger partial charge is 0.0294 e. The Morgan fingerprint density at radius 3 is 2.33 bits per heavy atom. The Labute approximate surface area is 93.7 Å². The minimum absolute atomic E-state index is 0.213. The summed E-state index contributed by atoms with van der Waals surface area (Å²) in [5.74, 6) is 0.810. The maximum Gasteiger partial charge on any atom is 0.0294 e. The summed E-state index contributed by atoms with van der Waals surface area (Å²) in [4.78, 5) is 0. The summed E-state index contributed by atoms with van der Waals surface area (Å²) in [6, 6.07) is 10.6. The fourth-order valence-electron chi connectivity index (χ4n) is 1.97. The van der Waals surface area contributed by atoms with Gasteiger partial charge in [0, 0.05) is 6.04 Å². The minimum Gasteiger partial charge on any atom is -0.324 e. The summed E-state index contributed by atoms with van der Waals surface area (Å²) in [5.41, 5.74) is 7.40. The normalized spacial score (nSPS) is 14.9. The molecule has 2 unspecified atom stereocenters. The lowest BCUT2D eigenvalue weighted by Gasteiger charge is -2.15. The number of benzene rings is 1. The van der Waals surface area contributed by atoms with Crippen LogP contribution in [0, 0.1) is 5.92 Å². The monoisotopic (exact) mass is 205 g/mol. The van der Waals surface area contributed by atoms with Gasteiger partial charge in [0.05, 0.1) is 0 Å². The van der Waals surface area contributed by atoms with Gasteiger partial charge in [-0.05, 0) is 24.3 Å². The van der Waals surface area contributed by atoms with Gasteiger partial charge in [0.15, 0.2) is 0 Å². The molecule has 1 aromatic carbocycles. The predicted molar refractivity (Wildman–Crippen MR) is 66.7 cm³/mol. The third-order valence-corrected chi connectivity index (χ3v) is 2.98. The standard InChI is InChI=1S/C14H23N/c1-3-7-12(2)10-11-14(15)13-8-5-4-6-9-13/h4-6,8-9,12,14H,3,7,10-11,15H2,1-2H3.